The Balaban J connectivity index is 1.64. The van der Waals surface area contributed by atoms with Gasteiger partial charge in [0.1, 0.15) is 4.83 Å². The lowest BCUT2D eigenvalue weighted by Crippen LogP contribution is -2.14. The Morgan fingerprint density at radius 3 is 2.86 bits per heavy atom. The van der Waals surface area contributed by atoms with Crippen molar-refractivity contribution in [1.82, 2.24) is 14.8 Å². The first-order valence-corrected chi connectivity index (χ1v) is 10.3. The van der Waals surface area contributed by atoms with Crippen LogP contribution in [0.3, 0.4) is 0 Å². The molecule has 0 aliphatic rings. The van der Waals surface area contributed by atoms with E-state index in [4.69, 9.17) is 17.3 Å². The van der Waals surface area contributed by atoms with Crippen LogP contribution in [0.1, 0.15) is 21.1 Å². The number of nitrogens with two attached hydrogens (primary N) is 1. The fourth-order valence-corrected chi connectivity index (χ4v) is 4.72. The van der Waals surface area contributed by atoms with Crippen LogP contribution < -0.4 is 11.1 Å². The number of thiazole rings is 1. The molecule has 3 heterocycles. The summed E-state index contributed by atoms with van der Waals surface area (Å²) in [6.45, 7) is 1.89. The highest BCUT2D eigenvalue weighted by Crippen LogP contribution is 2.32. The third-order valence-electron chi connectivity index (χ3n) is 3.98. The fourth-order valence-electron chi connectivity index (χ4n) is 2.73. The molecule has 0 aliphatic carbocycles. The number of rotatable bonds is 5. The number of aryl methyl sites for hydroxylation is 1. The highest BCUT2D eigenvalue weighted by Gasteiger charge is 2.19. The molecule has 0 spiro atoms. The lowest BCUT2D eigenvalue weighted by Gasteiger charge is -2.04. The Labute approximate surface area is 172 Å². The van der Waals surface area contributed by atoms with Gasteiger partial charge in [0.25, 0.3) is 5.91 Å². The molecule has 0 atom stereocenters. The topological polar surface area (TPSA) is 103 Å². The van der Waals surface area contributed by atoms with E-state index in [9.17, 15) is 9.59 Å². The standard InChI is InChI=1S/C18H14ClN5O2S2/c1-9-11-7-14(16(26)22-18-21-10(8-27-18)6-15(20)25)28-17(11)24(23-9)13-5-3-2-4-12(13)19/h2-5,7-8H,6H2,1H3,(H2,20,25)(H,21,22,26). The third-order valence-corrected chi connectivity index (χ3v) is 6.21. The number of primary amides is 1. The molecule has 0 fully saturated rings. The molecule has 4 rings (SSSR count). The van der Waals surface area contributed by atoms with E-state index in [0.29, 0.717) is 20.7 Å². The zero-order chi connectivity index (χ0) is 19.8. The number of para-hydroxylation sites is 1. The average molecular weight is 432 g/mol. The van der Waals surface area contributed by atoms with Crippen LogP contribution >= 0.6 is 34.3 Å². The number of aromatic nitrogens is 3. The van der Waals surface area contributed by atoms with E-state index in [0.717, 1.165) is 21.6 Å². The number of benzene rings is 1. The number of anilines is 1. The molecular weight excluding hydrogens is 418 g/mol. The van der Waals surface area contributed by atoms with Gasteiger partial charge < -0.3 is 5.73 Å². The van der Waals surface area contributed by atoms with E-state index in [1.54, 1.807) is 16.1 Å². The number of carbonyl (C=O) groups excluding carboxylic acids is 2. The van der Waals surface area contributed by atoms with Gasteiger partial charge in [0.05, 0.1) is 33.4 Å². The van der Waals surface area contributed by atoms with E-state index in [1.165, 1.54) is 22.7 Å². The maximum absolute atomic E-state index is 12.7. The Kier molecular flexibility index (Phi) is 4.88. The SMILES string of the molecule is Cc1nn(-c2ccccc2Cl)c2sc(C(=O)Nc3nc(CC(N)=O)cs3)cc12. The van der Waals surface area contributed by atoms with Crippen molar-refractivity contribution < 1.29 is 9.59 Å². The molecule has 28 heavy (non-hydrogen) atoms. The van der Waals surface area contributed by atoms with E-state index >= 15 is 0 Å². The predicted octanol–water partition coefficient (Wildman–Crippen LogP) is 3.79. The molecule has 0 saturated heterocycles. The summed E-state index contributed by atoms with van der Waals surface area (Å²) in [7, 11) is 0. The summed E-state index contributed by atoms with van der Waals surface area (Å²) in [6.07, 6.45) is 0.0438. The highest BCUT2D eigenvalue weighted by molar-refractivity contribution is 7.20. The predicted molar refractivity (Wildman–Crippen MR) is 112 cm³/mol. The lowest BCUT2D eigenvalue weighted by molar-refractivity contribution is -0.117. The second-order valence-electron chi connectivity index (χ2n) is 6.02. The van der Waals surface area contributed by atoms with Crippen molar-refractivity contribution in [1.29, 1.82) is 0 Å². The number of hydrogen-bond acceptors (Lipinski definition) is 6. The van der Waals surface area contributed by atoms with Crippen LogP contribution in [-0.4, -0.2) is 26.6 Å². The quantitative estimate of drug-likeness (QED) is 0.501. The maximum atomic E-state index is 12.7. The molecule has 7 nitrogen and oxygen atoms in total. The molecule has 0 saturated carbocycles. The normalized spacial score (nSPS) is 11.1. The summed E-state index contributed by atoms with van der Waals surface area (Å²) >= 11 is 8.88. The Morgan fingerprint density at radius 1 is 1.32 bits per heavy atom. The van der Waals surface area contributed by atoms with Crippen molar-refractivity contribution in [3.63, 3.8) is 0 Å². The van der Waals surface area contributed by atoms with Crippen molar-refractivity contribution >= 4 is 61.4 Å². The number of thiophene rings is 1. The summed E-state index contributed by atoms with van der Waals surface area (Å²) in [5.41, 5.74) is 7.27. The first-order chi connectivity index (χ1) is 13.4. The second-order valence-corrected chi connectivity index (χ2v) is 8.32. The van der Waals surface area contributed by atoms with Crippen LogP contribution in [0.15, 0.2) is 35.7 Å². The Morgan fingerprint density at radius 2 is 2.11 bits per heavy atom. The van der Waals surface area contributed by atoms with E-state index < -0.39 is 5.91 Å². The largest absolute Gasteiger partial charge is 0.369 e. The number of hydrogen-bond donors (Lipinski definition) is 2. The van der Waals surface area contributed by atoms with Crippen LogP contribution in [0.25, 0.3) is 15.9 Å². The number of carbonyl (C=O) groups is 2. The zero-order valence-corrected chi connectivity index (χ0v) is 17.0. The zero-order valence-electron chi connectivity index (χ0n) is 14.6. The molecular formula is C18H14ClN5O2S2. The summed E-state index contributed by atoms with van der Waals surface area (Å²) in [5.74, 6) is -0.737. The number of nitrogens with zero attached hydrogens (tertiary/aromatic N) is 3. The van der Waals surface area contributed by atoms with Gasteiger partial charge in [-0.1, -0.05) is 23.7 Å². The number of nitrogens with one attached hydrogen (secondary N) is 1. The minimum atomic E-state index is -0.465. The van der Waals surface area contributed by atoms with Gasteiger partial charge in [-0.15, -0.1) is 22.7 Å². The van der Waals surface area contributed by atoms with Gasteiger partial charge in [-0.25, -0.2) is 9.67 Å². The molecule has 0 radical (unpaired) electrons. The van der Waals surface area contributed by atoms with E-state index in [-0.39, 0.29) is 12.3 Å². The molecule has 0 bridgehead atoms. The van der Waals surface area contributed by atoms with Crippen molar-refractivity contribution in [2.24, 2.45) is 5.73 Å². The van der Waals surface area contributed by atoms with Crippen LogP contribution in [0.2, 0.25) is 5.02 Å². The number of amides is 2. The maximum Gasteiger partial charge on any atom is 0.267 e. The first kappa shape index (κ1) is 18.6. The fraction of sp³-hybridized carbons (Fsp3) is 0.111. The summed E-state index contributed by atoms with van der Waals surface area (Å²) in [6, 6.07) is 9.23. The number of fused-ring (bicyclic) bond motifs is 1. The minimum absolute atomic E-state index is 0.0438. The molecule has 0 unspecified atom stereocenters. The molecule has 0 aliphatic heterocycles. The minimum Gasteiger partial charge on any atom is -0.369 e. The Bertz CT molecular complexity index is 1210. The summed E-state index contributed by atoms with van der Waals surface area (Å²) in [4.78, 5) is 29.2. The van der Waals surface area contributed by atoms with Crippen molar-refractivity contribution in [3.8, 4) is 5.69 Å². The van der Waals surface area contributed by atoms with Crippen molar-refractivity contribution in [2.75, 3.05) is 5.32 Å². The molecule has 2 amide bonds. The molecule has 1 aromatic carbocycles. The van der Waals surface area contributed by atoms with Gasteiger partial charge in [-0.05, 0) is 25.1 Å². The van der Waals surface area contributed by atoms with Crippen LogP contribution in [0, 0.1) is 6.92 Å². The summed E-state index contributed by atoms with van der Waals surface area (Å²) < 4.78 is 1.75. The monoisotopic (exact) mass is 431 g/mol. The molecule has 4 aromatic rings. The van der Waals surface area contributed by atoms with Gasteiger partial charge in [0, 0.05) is 10.8 Å². The first-order valence-electron chi connectivity index (χ1n) is 8.20. The van der Waals surface area contributed by atoms with Gasteiger partial charge >= 0.3 is 0 Å². The smallest absolute Gasteiger partial charge is 0.267 e. The highest BCUT2D eigenvalue weighted by atomic mass is 35.5. The third kappa shape index (κ3) is 3.51. The lowest BCUT2D eigenvalue weighted by atomic mass is 10.3. The van der Waals surface area contributed by atoms with Crippen LogP contribution in [-0.2, 0) is 11.2 Å². The summed E-state index contributed by atoms with van der Waals surface area (Å²) in [5, 5.41) is 10.9. The van der Waals surface area contributed by atoms with Gasteiger partial charge in [-0.3, -0.25) is 14.9 Å². The molecule has 3 N–H and O–H groups in total. The van der Waals surface area contributed by atoms with Crippen molar-refractivity contribution in [2.45, 2.75) is 13.3 Å². The van der Waals surface area contributed by atoms with Crippen LogP contribution in [0.5, 0.6) is 0 Å². The molecule has 3 aromatic heterocycles. The van der Waals surface area contributed by atoms with Gasteiger partial charge in [-0.2, -0.15) is 5.10 Å². The molecule has 142 valence electrons. The van der Waals surface area contributed by atoms with Crippen molar-refractivity contribution in [3.05, 3.63) is 57.0 Å². The van der Waals surface area contributed by atoms with E-state index in [1.807, 2.05) is 31.2 Å². The van der Waals surface area contributed by atoms with Gasteiger partial charge in [0.2, 0.25) is 5.91 Å². The molecule has 10 heteroatoms. The second kappa shape index (κ2) is 7.34. The Hall–Kier alpha value is -2.75. The van der Waals surface area contributed by atoms with E-state index in [2.05, 4.69) is 15.4 Å². The average Bonchev–Trinajstić information content (AvgIpc) is 3.32. The van der Waals surface area contributed by atoms with Gasteiger partial charge in [0.15, 0.2) is 5.13 Å². The number of halogens is 1. The van der Waals surface area contributed by atoms with Crippen LogP contribution in [0.4, 0.5) is 5.13 Å².